The van der Waals surface area contributed by atoms with Crippen molar-refractivity contribution in [3.63, 3.8) is 0 Å². The molecule has 5 nitrogen and oxygen atoms in total. The van der Waals surface area contributed by atoms with Crippen LogP contribution in [0.2, 0.25) is 0 Å². The maximum Gasteiger partial charge on any atom is 0.149 e. The van der Waals surface area contributed by atoms with E-state index in [-0.39, 0.29) is 0 Å². The number of hydrogen-bond acceptors (Lipinski definition) is 5. The molecule has 0 bridgehead atoms. The van der Waals surface area contributed by atoms with Crippen LogP contribution in [0.1, 0.15) is 25.7 Å². The van der Waals surface area contributed by atoms with Crippen molar-refractivity contribution >= 4 is 10.8 Å². The lowest BCUT2D eigenvalue weighted by Crippen LogP contribution is -2.31. The maximum absolute atomic E-state index is 11.4. The molecule has 134 valence electrons. The van der Waals surface area contributed by atoms with Crippen LogP contribution in [0, 0.1) is 0 Å². The Balaban J connectivity index is 1.47. The van der Waals surface area contributed by atoms with Crippen LogP contribution in [0.5, 0.6) is 5.75 Å². The second-order valence-electron chi connectivity index (χ2n) is 6.34. The second kappa shape index (κ2) is 9.06. The summed E-state index contributed by atoms with van der Waals surface area (Å²) in [5, 5.41) is 8.63. The van der Waals surface area contributed by atoms with Gasteiger partial charge in [-0.25, -0.2) is 0 Å². The van der Waals surface area contributed by atoms with Crippen LogP contribution in [0.15, 0.2) is 41.4 Å². The average molecular weight is 359 g/mol. The topological polar surface area (TPSA) is 55.3 Å². The van der Waals surface area contributed by atoms with E-state index in [0.29, 0.717) is 5.03 Å². The van der Waals surface area contributed by atoms with Gasteiger partial charge < -0.3 is 9.64 Å². The van der Waals surface area contributed by atoms with Crippen LogP contribution in [0.3, 0.4) is 0 Å². The number of hydrogen-bond donors (Lipinski definition) is 0. The van der Waals surface area contributed by atoms with Crippen LogP contribution in [-0.4, -0.2) is 51.8 Å². The van der Waals surface area contributed by atoms with E-state index in [2.05, 4.69) is 15.1 Å². The normalized spacial score (nSPS) is 16.5. The summed E-state index contributed by atoms with van der Waals surface area (Å²) in [7, 11) is -1.10. The maximum atomic E-state index is 11.4. The summed E-state index contributed by atoms with van der Waals surface area (Å²) in [5.41, 5.74) is 1.74. The molecule has 6 heteroatoms. The van der Waals surface area contributed by atoms with Crippen molar-refractivity contribution in [3.05, 3.63) is 36.4 Å². The Kier molecular flexibility index (Phi) is 6.53. The molecule has 1 aromatic heterocycles. The van der Waals surface area contributed by atoms with Crippen LogP contribution in [0.4, 0.5) is 0 Å². The Morgan fingerprint density at radius 2 is 1.80 bits per heavy atom. The van der Waals surface area contributed by atoms with Crippen LogP contribution in [0.25, 0.3) is 11.3 Å². The van der Waals surface area contributed by atoms with Crippen molar-refractivity contribution < 1.29 is 8.95 Å². The molecule has 1 saturated heterocycles. The highest BCUT2D eigenvalue weighted by Gasteiger charge is 2.09. The van der Waals surface area contributed by atoms with Crippen molar-refractivity contribution in [2.75, 3.05) is 32.5 Å². The molecule has 2 heterocycles. The molecular formula is C19H25N3O2S. The molecular weight excluding hydrogens is 334 g/mol. The highest BCUT2D eigenvalue weighted by molar-refractivity contribution is 7.84. The zero-order chi connectivity index (χ0) is 17.5. The SMILES string of the molecule is CS(=O)c1ccc(-c2ccc(OCCCN3CCCCC3)cc2)nn1. The van der Waals surface area contributed by atoms with Gasteiger partial charge in [-0.15, -0.1) is 10.2 Å². The third-order valence-electron chi connectivity index (χ3n) is 4.42. The Morgan fingerprint density at radius 1 is 1.04 bits per heavy atom. The van der Waals surface area contributed by atoms with E-state index >= 15 is 0 Å². The first-order valence-electron chi connectivity index (χ1n) is 8.85. The molecule has 0 amide bonds. The summed E-state index contributed by atoms with van der Waals surface area (Å²) >= 11 is 0. The molecule has 0 saturated carbocycles. The minimum absolute atomic E-state index is 0.498. The number of aromatic nitrogens is 2. The number of piperidine rings is 1. The third-order valence-corrected chi connectivity index (χ3v) is 5.23. The number of likely N-dealkylation sites (tertiary alicyclic amines) is 1. The van der Waals surface area contributed by atoms with Gasteiger partial charge in [-0.05, 0) is 68.8 Å². The summed E-state index contributed by atoms with van der Waals surface area (Å²) in [4.78, 5) is 2.53. The Hall–Kier alpha value is -1.79. The van der Waals surface area contributed by atoms with Gasteiger partial charge in [0.1, 0.15) is 10.8 Å². The first-order valence-corrected chi connectivity index (χ1v) is 10.4. The lowest BCUT2D eigenvalue weighted by Gasteiger charge is -2.26. The lowest BCUT2D eigenvalue weighted by molar-refractivity contribution is 0.205. The Labute approximate surface area is 151 Å². The average Bonchev–Trinajstić information content (AvgIpc) is 2.67. The van der Waals surface area contributed by atoms with E-state index in [1.165, 1.54) is 32.4 Å². The zero-order valence-electron chi connectivity index (χ0n) is 14.7. The highest BCUT2D eigenvalue weighted by Crippen LogP contribution is 2.21. The molecule has 1 aliphatic heterocycles. The number of benzene rings is 1. The predicted octanol–water partition coefficient (Wildman–Crippen LogP) is 3.14. The fourth-order valence-electron chi connectivity index (χ4n) is 3.01. The molecule has 0 N–H and O–H groups in total. The fourth-order valence-corrected chi connectivity index (χ4v) is 3.43. The summed E-state index contributed by atoms with van der Waals surface area (Å²) in [5.74, 6) is 0.877. The third kappa shape index (κ3) is 5.34. The predicted molar refractivity (Wildman–Crippen MR) is 100 cm³/mol. The van der Waals surface area contributed by atoms with Crippen LogP contribution in [-0.2, 0) is 10.8 Å². The minimum Gasteiger partial charge on any atom is -0.494 e. The smallest absolute Gasteiger partial charge is 0.149 e. The molecule has 0 spiro atoms. The van der Waals surface area contributed by atoms with Gasteiger partial charge in [-0.3, -0.25) is 4.21 Å². The standard InChI is InChI=1S/C19H25N3O2S/c1-25(23)19-11-10-18(20-21-19)16-6-8-17(9-7-16)24-15-5-14-22-12-3-2-4-13-22/h6-11H,2-5,12-15H2,1H3. The van der Waals surface area contributed by atoms with Crippen molar-refractivity contribution in [2.45, 2.75) is 30.7 Å². The Bertz CT molecular complexity index is 683. The summed E-state index contributed by atoms with van der Waals surface area (Å²) in [6.07, 6.45) is 6.70. The van der Waals surface area contributed by atoms with Gasteiger partial charge in [-0.2, -0.15) is 0 Å². The van der Waals surface area contributed by atoms with Gasteiger partial charge in [0.15, 0.2) is 0 Å². The second-order valence-corrected chi connectivity index (χ2v) is 7.67. The van der Waals surface area contributed by atoms with Gasteiger partial charge in [-0.1, -0.05) is 6.42 Å². The first-order chi connectivity index (χ1) is 12.2. The van der Waals surface area contributed by atoms with Crippen molar-refractivity contribution in [2.24, 2.45) is 0 Å². The monoisotopic (exact) mass is 359 g/mol. The van der Waals surface area contributed by atoms with E-state index < -0.39 is 10.8 Å². The lowest BCUT2D eigenvalue weighted by atomic mass is 10.1. The molecule has 1 fully saturated rings. The number of nitrogens with zero attached hydrogens (tertiary/aromatic N) is 3. The van der Waals surface area contributed by atoms with Crippen molar-refractivity contribution in [1.29, 1.82) is 0 Å². The van der Waals surface area contributed by atoms with E-state index in [0.717, 1.165) is 36.6 Å². The molecule has 1 unspecified atom stereocenters. The largest absolute Gasteiger partial charge is 0.494 e. The zero-order valence-corrected chi connectivity index (χ0v) is 15.5. The molecule has 1 atom stereocenters. The molecule has 1 aromatic carbocycles. The number of rotatable bonds is 7. The van der Waals surface area contributed by atoms with Gasteiger partial charge in [0.2, 0.25) is 0 Å². The van der Waals surface area contributed by atoms with Gasteiger partial charge in [0, 0.05) is 18.4 Å². The quantitative estimate of drug-likeness (QED) is 0.711. The summed E-state index contributed by atoms with van der Waals surface area (Å²) in [6, 6.07) is 11.5. The van der Waals surface area contributed by atoms with Gasteiger partial charge in [0.25, 0.3) is 0 Å². The molecule has 2 aromatic rings. The molecule has 0 aliphatic carbocycles. The molecule has 1 aliphatic rings. The summed E-state index contributed by atoms with van der Waals surface area (Å²) in [6.45, 7) is 4.34. The fraction of sp³-hybridized carbons (Fsp3) is 0.474. The van der Waals surface area contributed by atoms with Crippen molar-refractivity contribution in [1.82, 2.24) is 15.1 Å². The van der Waals surface area contributed by atoms with E-state index in [4.69, 9.17) is 4.74 Å². The molecule has 0 radical (unpaired) electrons. The van der Waals surface area contributed by atoms with Crippen molar-refractivity contribution in [3.8, 4) is 17.0 Å². The van der Waals surface area contributed by atoms with E-state index in [1.807, 2.05) is 30.3 Å². The highest BCUT2D eigenvalue weighted by atomic mass is 32.2. The van der Waals surface area contributed by atoms with E-state index in [1.54, 1.807) is 12.3 Å². The van der Waals surface area contributed by atoms with Gasteiger partial charge in [0.05, 0.1) is 23.1 Å². The molecule has 3 rings (SSSR count). The van der Waals surface area contributed by atoms with E-state index in [9.17, 15) is 4.21 Å². The minimum atomic E-state index is -1.10. The first kappa shape index (κ1) is 18.0. The van der Waals surface area contributed by atoms with Gasteiger partial charge >= 0.3 is 0 Å². The van der Waals surface area contributed by atoms with Crippen LogP contribution >= 0.6 is 0 Å². The van der Waals surface area contributed by atoms with Crippen LogP contribution < -0.4 is 4.74 Å². The molecule has 25 heavy (non-hydrogen) atoms. The number of ether oxygens (including phenoxy) is 1. The summed E-state index contributed by atoms with van der Waals surface area (Å²) < 4.78 is 17.2. The Morgan fingerprint density at radius 3 is 2.44 bits per heavy atom.